The van der Waals surface area contributed by atoms with Gasteiger partial charge in [-0.05, 0) is 80.2 Å². The summed E-state index contributed by atoms with van der Waals surface area (Å²) in [7, 11) is 0. The van der Waals surface area contributed by atoms with Gasteiger partial charge in [-0.1, -0.05) is 42.8 Å². The minimum atomic E-state index is -0.664. The summed E-state index contributed by atoms with van der Waals surface area (Å²) in [5.74, 6) is 0.414. The average Bonchev–Trinajstić information content (AvgIpc) is 3.12. The molecule has 0 bridgehead atoms. The Morgan fingerprint density at radius 1 is 0.972 bits per heavy atom. The number of benzene rings is 2. The van der Waals surface area contributed by atoms with Crippen LogP contribution >= 0.6 is 0 Å². The zero-order valence-electron chi connectivity index (χ0n) is 21.3. The van der Waals surface area contributed by atoms with E-state index in [0.717, 1.165) is 50.5 Å². The maximum atomic E-state index is 12.7. The smallest absolute Gasteiger partial charge is 0.251 e. The average molecular weight is 490 g/mol. The van der Waals surface area contributed by atoms with Gasteiger partial charge in [-0.25, -0.2) is 0 Å². The molecule has 0 spiro atoms. The third-order valence-electron chi connectivity index (χ3n) is 7.81. The van der Waals surface area contributed by atoms with E-state index in [9.17, 15) is 14.7 Å². The molecule has 1 saturated carbocycles. The molecule has 0 aromatic heterocycles. The van der Waals surface area contributed by atoms with Crippen LogP contribution in [0.4, 0.5) is 0 Å². The molecule has 0 aliphatic heterocycles. The van der Waals surface area contributed by atoms with Crippen LogP contribution in [0.15, 0.2) is 48.5 Å². The highest BCUT2D eigenvalue weighted by Gasteiger charge is 2.24. The highest BCUT2D eigenvalue weighted by Crippen LogP contribution is 2.29. The van der Waals surface area contributed by atoms with E-state index in [1.54, 1.807) is 13.0 Å². The van der Waals surface area contributed by atoms with Crippen molar-refractivity contribution in [2.24, 2.45) is 11.8 Å². The SMILES string of the molecule is CC(=O)C1CCCC(C(=N)Cc2cccc(C(=O)NC[C@@H](O)CNC3Cc4ccccc4C3)c2)CC1. The maximum Gasteiger partial charge on any atom is 0.251 e. The second-order valence-electron chi connectivity index (χ2n) is 10.6. The third kappa shape index (κ3) is 7.11. The van der Waals surface area contributed by atoms with Crippen LogP contribution in [0.2, 0.25) is 0 Å². The number of aliphatic hydroxyl groups is 1. The topological polar surface area (TPSA) is 102 Å². The molecule has 0 saturated heterocycles. The first-order valence-electron chi connectivity index (χ1n) is 13.3. The molecule has 2 unspecified atom stereocenters. The van der Waals surface area contributed by atoms with Crippen LogP contribution in [0.3, 0.4) is 0 Å². The Morgan fingerprint density at radius 3 is 2.39 bits per heavy atom. The number of ketones is 1. The number of rotatable bonds is 10. The first-order valence-corrected chi connectivity index (χ1v) is 13.3. The number of fused-ring (bicyclic) bond motifs is 1. The van der Waals surface area contributed by atoms with E-state index in [4.69, 9.17) is 5.41 Å². The van der Waals surface area contributed by atoms with Crippen molar-refractivity contribution in [3.63, 3.8) is 0 Å². The fourth-order valence-electron chi connectivity index (χ4n) is 5.63. The van der Waals surface area contributed by atoms with E-state index in [0.29, 0.717) is 30.3 Å². The lowest BCUT2D eigenvalue weighted by Gasteiger charge is -2.17. The standard InChI is InChI=1S/C30H39N3O3/c1-20(34)22-9-5-10-23(13-12-22)29(31)15-21-6-4-11-26(14-21)30(36)33-19-28(35)18-32-27-16-24-7-2-3-8-25(24)17-27/h2-4,6-8,11,14,22-23,27-28,31-32,35H,5,9-10,12-13,15-19H2,1H3,(H,33,36)/t22?,23?,28-/m0/s1. The van der Waals surface area contributed by atoms with Crippen LogP contribution < -0.4 is 10.6 Å². The van der Waals surface area contributed by atoms with Gasteiger partial charge in [-0.15, -0.1) is 0 Å². The second-order valence-corrected chi connectivity index (χ2v) is 10.6. The first-order chi connectivity index (χ1) is 17.4. The van der Waals surface area contributed by atoms with Crippen LogP contribution in [0.1, 0.15) is 66.1 Å². The number of amides is 1. The Morgan fingerprint density at radius 2 is 1.67 bits per heavy atom. The molecule has 2 aliphatic carbocycles. The molecular weight excluding hydrogens is 450 g/mol. The van der Waals surface area contributed by atoms with Gasteiger partial charge in [-0.3, -0.25) is 9.59 Å². The highest BCUT2D eigenvalue weighted by atomic mass is 16.3. The number of carbonyl (C=O) groups excluding carboxylic acids is 2. The minimum Gasteiger partial charge on any atom is -0.390 e. The lowest BCUT2D eigenvalue weighted by Crippen LogP contribution is -2.41. The summed E-state index contributed by atoms with van der Waals surface area (Å²) in [4.78, 5) is 24.5. The van der Waals surface area contributed by atoms with Crippen molar-refractivity contribution < 1.29 is 14.7 Å². The maximum absolute atomic E-state index is 12.7. The van der Waals surface area contributed by atoms with Gasteiger partial charge in [-0.2, -0.15) is 0 Å². The van der Waals surface area contributed by atoms with Crippen molar-refractivity contribution in [2.75, 3.05) is 13.1 Å². The number of nitrogens with one attached hydrogen (secondary N) is 3. The minimum absolute atomic E-state index is 0.148. The quantitative estimate of drug-likeness (QED) is 0.300. The normalized spacial score (nSPS) is 20.8. The van der Waals surface area contributed by atoms with Gasteiger partial charge in [0.05, 0.1) is 6.10 Å². The monoisotopic (exact) mass is 489 g/mol. The van der Waals surface area contributed by atoms with E-state index in [2.05, 4.69) is 34.9 Å². The van der Waals surface area contributed by atoms with E-state index >= 15 is 0 Å². The molecule has 1 amide bonds. The summed E-state index contributed by atoms with van der Waals surface area (Å²) in [6, 6.07) is 16.2. The van der Waals surface area contributed by atoms with Crippen molar-refractivity contribution in [1.82, 2.24) is 10.6 Å². The van der Waals surface area contributed by atoms with Gasteiger partial charge in [0.1, 0.15) is 5.78 Å². The van der Waals surface area contributed by atoms with Gasteiger partial charge >= 0.3 is 0 Å². The van der Waals surface area contributed by atoms with Crippen molar-refractivity contribution in [2.45, 2.75) is 70.4 Å². The molecule has 2 aromatic rings. The largest absolute Gasteiger partial charge is 0.390 e. The number of hydrogen-bond donors (Lipinski definition) is 4. The molecule has 6 nitrogen and oxygen atoms in total. The summed E-state index contributed by atoms with van der Waals surface area (Å²) in [5, 5.41) is 25.3. The van der Waals surface area contributed by atoms with Crippen molar-refractivity contribution in [3.8, 4) is 0 Å². The van der Waals surface area contributed by atoms with E-state index in [1.165, 1.54) is 11.1 Å². The summed E-state index contributed by atoms with van der Waals surface area (Å²) in [6.07, 6.45) is 6.44. The molecule has 192 valence electrons. The number of Topliss-reactive ketones (excluding diaryl/α,β-unsaturated/α-hetero) is 1. The molecule has 6 heteroatoms. The third-order valence-corrected chi connectivity index (χ3v) is 7.81. The summed E-state index contributed by atoms with van der Waals surface area (Å²) >= 11 is 0. The van der Waals surface area contributed by atoms with Crippen molar-refractivity contribution in [1.29, 1.82) is 5.41 Å². The molecule has 0 heterocycles. The van der Waals surface area contributed by atoms with E-state index in [1.807, 2.05) is 18.2 Å². The Bertz CT molecular complexity index is 1060. The zero-order chi connectivity index (χ0) is 25.5. The fourth-order valence-corrected chi connectivity index (χ4v) is 5.63. The Hall–Kier alpha value is -2.83. The molecule has 3 atom stereocenters. The second kappa shape index (κ2) is 12.4. The summed E-state index contributed by atoms with van der Waals surface area (Å²) in [6.45, 7) is 2.30. The summed E-state index contributed by atoms with van der Waals surface area (Å²) < 4.78 is 0. The number of hydrogen-bond acceptors (Lipinski definition) is 5. The highest BCUT2D eigenvalue weighted by molar-refractivity contribution is 5.95. The molecule has 2 aliphatic rings. The van der Waals surface area contributed by atoms with Crippen LogP contribution in [0.5, 0.6) is 0 Å². The van der Waals surface area contributed by atoms with Gasteiger partial charge in [0.2, 0.25) is 0 Å². The predicted octanol–water partition coefficient (Wildman–Crippen LogP) is 3.88. The fraction of sp³-hybridized carbons (Fsp3) is 0.500. The van der Waals surface area contributed by atoms with Crippen LogP contribution in [0, 0.1) is 17.2 Å². The van der Waals surface area contributed by atoms with E-state index < -0.39 is 6.10 Å². The van der Waals surface area contributed by atoms with Crippen LogP contribution in [-0.2, 0) is 24.1 Å². The molecule has 2 aromatic carbocycles. The molecule has 1 fully saturated rings. The van der Waals surface area contributed by atoms with Gasteiger partial charge in [0.15, 0.2) is 0 Å². The number of aliphatic hydroxyl groups excluding tert-OH is 1. The van der Waals surface area contributed by atoms with E-state index in [-0.39, 0.29) is 30.1 Å². The Kier molecular flexibility index (Phi) is 9.05. The van der Waals surface area contributed by atoms with Crippen molar-refractivity contribution >= 4 is 17.4 Å². The molecule has 4 rings (SSSR count). The van der Waals surface area contributed by atoms with Crippen LogP contribution in [-0.4, -0.2) is 47.7 Å². The first kappa shape index (κ1) is 26.2. The van der Waals surface area contributed by atoms with Gasteiger partial charge in [0, 0.05) is 42.7 Å². The molecule has 4 N–H and O–H groups in total. The predicted molar refractivity (Wildman–Crippen MR) is 143 cm³/mol. The van der Waals surface area contributed by atoms with Crippen molar-refractivity contribution in [3.05, 3.63) is 70.8 Å². The zero-order valence-corrected chi connectivity index (χ0v) is 21.3. The number of carbonyl (C=O) groups is 2. The van der Waals surface area contributed by atoms with Gasteiger partial charge in [0.25, 0.3) is 5.91 Å². The lowest BCUT2D eigenvalue weighted by molar-refractivity contribution is -0.121. The van der Waals surface area contributed by atoms with Crippen LogP contribution in [0.25, 0.3) is 0 Å². The Labute approximate surface area is 214 Å². The lowest BCUT2D eigenvalue weighted by atomic mass is 9.89. The molecular formula is C30H39N3O3. The molecule has 36 heavy (non-hydrogen) atoms. The Balaban J connectivity index is 1.21. The molecule has 0 radical (unpaired) electrons. The summed E-state index contributed by atoms with van der Waals surface area (Å²) in [5.41, 5.74) is 4.91. The van der Waals surface area contributed by atoms with Gasteiger partial charge < -0.3 is 21.1 Å².